The summed E-state index contributed by atoms with van der Waals surface area (Å²) in [5.74, 6) is -0.510. The molecular weight excluding hydrogens is 336 g/mol. The summed E-state index contributed by atoms with van der Waals surface area (Å²) in [5.41, 5.74) is 0.979. The highest BCUT2D eigenvalue weighted by Gasteiger charge is 2.24. The summed E-state index contributed by atoms with van der Waals surface area (Å²) in [6.07, 6.45) is 1.94. The van der Waals surface area contributed by atoms with Crippen LogP contribution in [0.5, 0.6) is 0 Å². The SMILES string of the molecule is C=CCC(NC(=O)N(CCC(OC)OC)Cc1ccccc1)C(=O)OC. The number of rotatable bonds is 11. The number of carbonyl (C=O) groups excluding carboxylic acids is 2. The first kappa shape index (κ1) is 21.7. The summed E-state index contributed by atoms with van der Waals surface area (Å²) in [5, 5.41) is 2.71. The van der Waals surface area contributed by atoms with Gasteiger partial charge in [0.15, 0.2) is 6.29 Å². The Hall–Kier alpha value is -2.38. The van der Waals surface area contributed by atoms with Gasteiger partial charge in [-0.15, -0.1) is 6.58 Å². The van der Waals surface area contributed by atoms with Gasteiger partial charge in [-0.2, -0.15) is 0 Å². The third-order valence-corrected chi connectivity index (χ3v) is 3.85. The number of methoxy groups -OCH3 is 3. The zero-order valence-electron chi connectivity index (χ0n) is 15.6. The van der Waals surface area contributed by atoms with Crippen LogP contribution in [-0.2, 0) is 25.5 Å². The lowest BCUT2D eigenvalue weighted by molar-refractivity contribution is -0.142. The van der Waals surface area contributed by atoms with Gasteiger partial charge in [-0.1, -0.05) is 36.4 Å². The third kappa shape index (κ3) is 7.25. The van der Waals surface area contributed by atoms with Crippen molar-refractivity contribution in [2.45, 2.75) is 31.7 Å². The number of hydrogen-bond donors (Lipinski definition) is 1. The zero-order valence-corrected chi connectivity index (χ0v) is 15.6. The highest BCUT2D eigenvalue weighted by molar-refractivity contribution is 5.83. The van der Waals surface area contributed by atoms with Crippen molar-refractivity contribution in [1.82, 2.24) is 10.2 Å². The average Bonchev–Trinajstić information content (AvgIpc) is 2.67. The van der Waals surface area contributed by atoms with E-state index in [0.717, 1.165) is 5.56 Å². The molecule has 0 spiro atoms. The van der Waals surface area contributed by atoms with E-state index in [1.807, 2.05) is 30.3 Å². The molecule has 2 amide bonds. The second-order valence-electron chi connectivity index (χ2n) is 5.65. The largest absolute Gasteiger partial charge is 0.467 e. The summed E-state index contributed by atoms with van der Waals surface area (Å²) < 4.78 is 15.1. The van der Waals surface area contributed by atoms with E-state index in [-0.39, 0.29) is 12.5 Å². The van der Waals surface area contributed by atoms with Crippen LogP contribution in [0.4, 0.5) is 4.79 Å². The van der Waals surface area contributed by atoms with E-state index in [9.17, 15) is 9.59 Å². The molecule has 0 saturated heterocycles. The maximum Gasteiger partial charge on any atom is 0.328 e. The molecule has 7 nitrogen and oxygen atoms in total. The second kappa shape index (κ2) is 12.1. The monoisotopic (exact) mass is 364 g/mol. The van der Waals surface area contributed by atoms with Gasteiger partial charge in [0.25, 0.3) is 0 Å². The first-order valence-corrected chi connectivity index (χ1v) is 8.39. The van der Waals surface area contributed by atoms with E-state index in [1.54, 1.807) is 25.2 Å². The quantitative estimate of drug-likeness (QED) is 0.370. The molecule has 0 aliphatic heterocycles. The van der Waals surface area contributed by atoms with Gasteiger partial charge < -0.3 is 24.4 Å². The molecule has 0 bridgehead atoms. The minimum absolute atomic E-state index is 0.288. The number of esters is 1. The Balaban J connectivity index is 2.84. The Morgan fingerprint density at radius 3 is 2.38 bits per heavy atom. The molecule has 7 heteroatoms. The molecule has 0 fully saturated rings. The zero-order chi connectivity index (χ0) is 19.4. The van der Waals surface area contributed by atoms with E-state index >= 15 is 0 Å². The molecule has 0 saturated carbocycles. The number of urea groups is 1. The molecule has 1 aromatic rings. The predicted octanol–water partition coefficient (Wildman–Crippen LogP) is 2.32. The molecule has 0 aliphatic rings. The van der Waals surface area contributed by atoms with Crippen LogP contribution in [-0.4, -0.2) is 57.1 Å². The van der Waals surface area contributed by atoms with E-state index in [0.29, 0.717) is 19.5 Å². The summed E-state index contributed by atoms with van der Waals surface area (Å²) in [4.78, 5) is 26.2. The Morgan fingerprint density at radius 1 is 1.19 bits per heavy atom. The van der Waals surface area contributed by atoms with Crippen LogP contribution in [0.25, 0.3) is 0 Å². The number of nitrogens with one attached hydrogen (secondary N) is 1. The topological polar surface area (TPSA) is 77.1 Å². The maximum absolute atomic E-state index is 12.7. The predicted molar refractivity (Wildman–Crippen MR) is 98.4 cm³/mol. The van der Waals surface area contributed by atoms with Crippen molar-refractivity contribution in [1.29, 1.82) is 0 Å². The molecule has 144 valence electrons. The third-order valence-electron chi connectivity index (χ3n) is 3.85. The van der Waals surface area contributed by atoms with Crippen molar-refractivity contribution in [2.75, 3.05) is 27.9 Å². The highest BCUT2D eigenvalue weighted by Crippen LogP contribution is 2.09. The molecule has 0 radical (unpaired) electrons. The summed E-state index contributed by atoms with van der Waals surface area (Å²) in [6.45, 7) is 4.41. The van der Waals surface area contributed by atoms with Crippen LogP contribution < -0.4 is 5.32 Å². The molecule has 1 aromatic carbocycles. The average molecular weight is 364 g/mol. The highest BCUT2D eigenvalue weighted by atomic mass is 16.7. The van der Waals surface area contributed by atoms with Crippen LogP contribution in [0.3, 0.4) is 0 Å². The van der Waals surface area contributed by atoms with E-state index < -0.39 is 18.3 Å². The van der Waals surface area contributed by atoms with Crippen LogP contribution in [0.2, 0.25) is 0 Å². The second-order valence-corrected chi connectivity index (χ2v) is 5.65. The van der Waals surface area contributed by atoms with Crippen molar-refractivity contribution in [3.05, 3.63) is 48.6 Å². The van der Waals surface area contributed by atoms with Gasteiger partial charge in [0, 0.05) is 33.7 Å². The molecule has 0 heterocycles. The molecule has 1 atom stereocenters. The van der Waals surface area contributed by atoms with Gasteiger partial charge in [-0.3, -0.25) is 0 Å². The standard InChI is InChI=1S/C19H28N2O5/c1-5-9-16(18(22)26-4)20-19(23)21(13-12-17(24-2)25-3)14-15-10-7-6-8-11-15/h5-8,10-11,16-17H,1,9,12-14H2,2-4H3,(H,20,23). The van der Waals surface area contributed by atoms with Crippen LogP contribution in [0.1, 0.15) is 18.4 Å². The Kier molecular flexibility index (Phi) is 10.0. The number of benzene rings is 1. The van der Waals surface area contributed by atoms with Crippen molar-refractivity contribution >= 4 is 12.0 Å². The normalized spacial score (nSPS) is 11.7. The number of hydrogen-bond acceptors (Lipinski definition) is 5. The summed E-state index contributed by atoms with van der Waals surface area (Å²) in [6, 6.07) is 8.47. The van der Waals surface area contributed by atoms with Gasteiger partial charge >= 0.3 is 12.0 Å². The van der Waals surface area contributed by atoms with Gasteiger partial charge in [-0.25, -0.2) is 9.59 Å². The molecule has 1 unspecified atom stereocenters. The Morgan fingerprint density at radius 2 is 1.85 bits per heavy atom. The smallest absolute Gasteiger partial charge is 0.328 e. The lowest BCUT2D eigenvalue weighted by atomic mass is 10.2. The fourth-order valence-corrected chi connectivity index (χ4v) is 2.41. The number of carbonyl (C=O) groups is 2. The van der Waals surface area contributed by atoms with Crippen molar-refractivity contribution < 1.29 is 23.8 Å². The summed E-state index contributed by atoms with van der Waals surface area (Å²) in [7, 11) is 4.38. The lowest BCUT2D eigenvalue weighted by Crippen LogP contribution is -2.48. The van der Waals surface area contributed by atoms with Crippen LogP contribution >= 0.6 is 0 Å². The van der Waals surface area contributed by atoms with Gasteiger partial charge in [0.2, 0.25) is 0 Å². The van der Waals surface area contributed by atoms with E-state index in [1.165, 1.54) is 7.11 Å². The lowest BCUT2D eigenvalue weighted by Gasteiger charge is -2.27. The minimum Gasteiger partial charge on any atom is -0.467 e. The fourth-order valence-electron chi connectivity index (χ4n) is 2.41. The van der Waals surface area contributed by atoms with E-state index in [2.05, 4.69) is 11.9 Å². The molecule has 26 heavy (non-hydrogen) atoms. The molecular formula is C19H28N2O5. The number of amides is 2. The first-order chi connectivity index (χ1) is 12.5. The fraction of sp³-hybridized carbons (Fsp3) is 0.474. The van der Waals surface area contributed by atoms with Crippen molar-refractivity contribution in [3.63, 3.8) is 0 Å². The van der Waals surface area contributed by atoms with Gasteiger partial charge in [0.05, 0.1) is 7.11 Å². The van der Waals surface area contributed by atoms with E-state index in [4.69, 9.17) is 14.2 Å². The van der Waals surface area contributed by atoms with Crippen molar-refractivity contribution in [3.8, 4) is 0 Å². The summed E-state index contributed by atoms with van der Waals surface area (Å²) >= 11 is 0. The molecule has 0 aliphatic carbocycles. The van der Waals surface area contributed by atoms with Gasteiger partial charge in [0.1, 0.15) is 6.04 Å². The Labute approximate surface area is 154 Å². The number of nitrogens with zero attached hydrogens (tertiary/aromatic N) is 1. The molecule has 0 aromatic heterocycles. The minimum atomic E-state index is -0.774. The van der Waals surface area contributed by atoms with Crippen LogP contribution in [0.15, 0.2) is 43.0 Å². The molecule has 1 N–H and O–H groups in total. The van der Waals surface area contributed by atoms with Gasteiger partial charge in [-0.05, 0) is 12.0 Å². The number of ether oxygens (including phenoxy) is 3. The maximum atomic E-state index is 12.7. The van der Waals surface area contributed by atoms with Crippen molar-refractivity contribution in [2.24, 2.45) is 0 Å². The Bertz CT molecular complexity index is 560. The molecule has 1 rings (SSSR count). The van der Waals surface area contributed by atoms with Crippen LogP contribution in [0, 0.1) is 0 Å². The first-order valence-electron chi connectivity index (χ1n) is 8.39.